The number of allylic oxidation sites excluding steroid dienone is 1. The van der Waals surface area contributed by atoms with E-state index in [0.717, 1.165) is 0 Å². The summed E-state index contributed by atoms with van der Waals surface area (Å²) >= 11 is 0. The van der Waals surface area contributed by atoms with Gasteiger partial charge in [-0.2, -0.15) is 5.26 Å². The van der Waals surface area contributed by atoms with Gasteiger partial charge in [0.15, 0.2) is 0 Å². The molecule has 0 N–H and O–H groups in total. The highest BCUT2D eigenvalue weighted by Crippen LogP contribution is 2.38. The molecule has 0 aromatic carbocycles. The number of carbonyl (C=O) groups excluding carboxylic acids is 2. The zero-order valence-electron chi connectivity index (χ0n) is 8.79. The lowest BCUT2D eigenvalue weighted by atomic mass is 9.85. The highest BCUT2D eigenvalue weighted by Gasteiger charge is 2.47. The van der Waals surface area contributed by atoms with Gasteiger partial charge < -0.3 is 9.47 Å². The standard InChI is InChI=1S/C10H11NO4/c1-4-14-8(12)7-6(5-11)15-9(13)10(7,2)3/h4H2,1-3H3. The van der Waals surface area contributed by atoms with E-state index in [1.807, 2.05) is 0 Å². The molecule has 0 aromatic rings. The summed E-state index contributed by atoms with van der Waals surface area (Å²) in [6, 6.07) is 1.68. The van der Waals surface area contributed by atoms with Crippen LogP contribution in [0.2, 0.25) is 0 Å². The fourth-order valence-corrected chi connectivity index (χ4v) is 1.29. The van der Waals surface area contributed by atoms with Crippen LogP contribution in [-0.4, -0.2) is 18.5 Å². The summed E-state index contributed by atoms with van der Waals surface area (Å²) in [6.45, 7) is 4.87. The highest BCUT2D eigenvalue weighted by atomic mass is 16.6. The van der Waals surface area contributed by atoms with Gasteiger partial charge in [-0.1, -0.05) is 0 Å². The zero-order valence-corrected chi connectivity index (χ0v) is 8.79. The molecule has 80 valence electrons. The summed E-state index contributed by atoms with van der Waals surface area (Å²) in [4.78, 5) is 22.9. The van der Waals surface area contributed by atoms with E-state index in [2.05, 4.69) is 4.74 Å². The van der Waals surface area contributed by atoms with Gasteiger partial charge in [-0.15, -0.1) is 0 Å². The topological polar surface area (TPSA) is 76.4 Å². The molecule has 0 aromatic heterocycles. The summed E-state index contributed by atoms with van der Waals surface area (Å²) in [5.74, 6) is -1.55. The van der Waals surface area contributed by atoms with Crippen LogP contribution >= 0.6 is 0 Å². The van der Waals surface area contributed by atoms with Crippen LogP contribution in [0.25, 0.3) is 0 Å². The summed E-state index contributed by atoms with van der Waals surface area (Å²) in [6.07, 6.45) is 0. The van der Waals surface area contributed by atoms with Crippen LogP contribution in [0.1, 0.15) is 20.8 Å². The van der Waals surface area contributed by atoms with Gasteiger partial charge in [-0.05, 0) is 20.8 Å². The van der Waals surface area contributed by atoms with Gasteiger partial charge in [0.05, 0.1) is 12.0 Å². The van der Waals surface area contributed by atoms with Crippen molar-refractivity contribution < 1.29 is 19.1 Å². The Balaban J connectivity index is 3.16. The molecule has 1 aliphatic rings. The van der Waals surface area contributed by atoms with Crippen LogP contribution in [0.15, 0.2) is 11.3 Å². The monoisotopic (exact) mass is 209 g/mol. The van der Waals surface area contributed by atoms with Gasteiger partial charge in [0, 0.05) is 0 Å². The average Bonchev–Trinajstić information content (AvgIpc) is 2.38. The van der Waals surface area contributed by atoms with Crippen molar-refractivity contribution in [3.8, 4) is 6.07 Å². The second kappa shape index (κ2) is 3.73. The fourth-order valence-electron chi connectivity index (χ4n) is 1.29. The molecule has 15 heavy (non-hydrogen) atoms. The van der Waals surface area contributed by atoms with Gasteiger partial charge in [-0.25, -0.2) is 4.79 Å². The summed E-state index contributed by atoms with van der Waals surface area (Å²) in [5, 5.41) is 8.71. The number of rotatable bonds is 2. The summed E-state index contributed by atoms with van der Waals surface area (Å²) < 4.78 is 9.45. The number of nitrogens with zero attached hydrogens (tertiary/aromatic N) is 1. The molecule has 0 aliphatic carbocycles. The van der Waals surface area contributed by atoms with Gasteiger partial charge in [0.25, 0.3) is 0 Å². The van der Waals surface area contributed by atoms with Crippen LogP contribution < -0.4 is 0 Å². The number of cyclic esters (lactones) is 1. The Morgan fingerprint density at radius 3 is 2.67 bits per heavy atom. The first-order chi connectivity index (χ1) is 6.95. The molecular formula is C10H11NO4. The normalized spacial score (nSPS) is 18.4. The first-order valence-corrected chi connectivity index (χ1v) is 4.49. The SMILES string of the molecule is CCOC(=O)C1=C(C#N)OC(=O)C1(C)C. The van der Waals surface area contributed by atoms with E-state index < -0.39 is 17.4 Å². The van der Waals surface area contributed by atoms with Crippen molar-refractivity contribution in [2.24, 2.45) is 5.41 Å². The second-order valence-corrected chi connectivity index (χ2v) is 3.55. The number of hydrogen-bond donors (Lipinski definition) is 0. The smallest absolute Gasteiger partial charge is 0.339 e. The maximum Gasteiger partial charge on any atom is 0.339 e. The molecule has 1 heterocycles. The van der Waals surface area contributed by atoms with E-state index in [9.17, 15) is 9.59 Å². The van der Waals surface area contributed by atoms with Crippen molar-refractivity contribution in [1.29, 1.82) is 5.26 Å². The van der Waals surface area contributed by atoms with Crippen LogP contribution in [-0.2, 0) is 19.1 Å². The fraction of sp³-hybridized carbons (Fsp3) is 0.500. The molecule has 0 unspecified atom stereocenters. The molecule has 5 heteroatoms. The Hall–Kier alpha value is -1.83. The molecule has 0 saturated heterocycles. The third kappa shape index (κ3) is 1.71. The molecule has 5 nitrogen and oxygen atoms in total. The van der Waals surface area contributed by atoms with Crippen molar-refractivity contribution in [2.75, 3.05) is 6.61 Å². The van der Waals surface area contributed by atoms with Crippen molar-refractivity contribution in [3.63, 3.8) is 0 Å². The van der Waals surface area contributed by atoms with E-state index in [4.69, 9.17) is 10.00 Å². The van der Waals surface area contributed by atoms with Crippen molar-refractivity contribution in [3.05, 3.63) is 11.3 Å². The largest absolute Gasteiger partial charge is 0.462 e. The maximum absolute atomic E-state index is 11.5. The summed E-state index contributed by atoms with van der Waals surface area (Å²) in [5.41, 5.74) is -1.12. The van der Waals surface area contributed by atoms with Gasteiger partial charge >= 0.3 is 11.9 Å². The maximum atomic E-state index is 11.5. The molecule has 0 bridgehead atoms. The highest BCUT2D eigenvalue weighted by molar-refractivity contribution is 6.02. The summed E-state index contributed by atoms with van der Waals surface area (Å²) in [7, 11) is 0. The first kappa shape index (κ1) is 11.2. The lowest BCUT2D eigenvalue weighted by Crippen LogP contribution is -2.26. The minimum absolute atomic E-state index is 0.00292. The Labute approximate surface area is 87.3 Å². The first-order valence-electron chi connectivity index (χ1n) is 4.49. The average molecular weight is 209 g/mol. The van der Waals surface area contributed by atoms with Crippen molar-refractivity contribution in [1.82, 2.24) is 0 Å². The van der Waals surface area contributed by atoms with Crippen LogP contribution in [0.3, 0.4) is 0 Å². The Bertz CT molecular complexity index is 387. The molecule has 1 aliphatic heterocycles. The third-order valence-electron chi connectivity index (χ3n) is 2.14. The van der Waals surface area contributed by atoms with Crippen molar-refractivity contribution >= 4 is 11.9 Å². The third-order valence-corrected chi connectivity index (χ3v) is 2.14. The molecule has 1 rings (SSSR count). The van der Waals surface area contributed by atoms with Crippen LogP contribution in [0, 0.1) is 16.7 Å². The molecule has 0 amide bonds. The molecule has 0 saturated carbocycles. The molecule has 0 fully saturated rings. The molecular weight excluding hydrogens is 198 g/mol. The van der Waals surface area contributed by atoms with Crippen LogP contribution in [0.4, 0.5) is 0 Å². The van der Waals surface area contributed by atoms with Gasteiger partial charge in [0.2, 0.25) is 5.76 Å². The second-order valence-electron chi connectivity index (χ2n) is 3.55. The van der Waals surface area contributed by atoms with E-state index in [1.165, 1.54) is 13.8 Å². The Morgan fingerprint density at radius 1 is 1.60 bits per heavy atom. The van der Waals surface area contributed by atoms with Crippen LogP contribution in [0.5, 0.6) is 0 Å². The van der Waals surface area contributed by atoms with E-state index in [1.54, 1.807) is 13.0 Å². The predicted octanol–water partition coefficient (Wildman–Crippen LogP) is 0.910. The minimum Gasteiger partial charge on any atom is -0.462 e. The minimum atomic E-state index is -1.11. The predicted molar refractivity (Wildman–Crippen MR) is 49.1 cm³/mol. The van der Waals surface area contributed by atoms with Crippen molar-refractivity contribution in [2.45, 2.75) is 20.8 Å². The molecule has 0 spiro atoms. The number of nitriles is 1. The van der Waals surface area contributed by atoms with E-state index in [0.29, 0.717) is 0 Å². The number of hydrogen-bond acceptors (Lipinski definition) is 5. The van der Waals surface area contributed by atoms with Gasteiger partial charge in [0.1, 0.15) is 11.6 Å². The number of carbonyl (C=O) groups is 2. The molecule has 0 atom stereocenters. The lowest BCUT2D eigenvalue weighted by Gasteiger charge is -2.15. The van der Waals surface area contributed by atoms with Gasteiger partial charge in [-0.3, -0.25) is 4.79 Å². The molecule has 0 radical (unpaired) electrons. The number of esters is 2. The number of ether oxygens (including phenoxy) is 2. The lowest BCUT2D eigenvalue weighted by molar-refractivity contribution is -0.146. The Morgan fingerprint density at radius 2 is 2.20 bits per heavy atom. The Kier molecular flexibility index (Phi) is 2.80. The van der Waals surface area contributed by atoms with E-state index in [-0.39, 0.29) is 17.9 Å². The quantitative estimate of drug-likeness (QED) is 0.632. The zero-order chi connectivity index (χ0) is 11.6. The van der Waals surface area contributed by atoms with E-state index >= 15 is 0 Å².